The van der Waals surface area contributed by atoms with E-state index in [0.717, 1.165) is 48.0 Å². The Balaban J connectivity index is 1.29. The zero-order valence-electron chi connectivity index (χ0n) is 16.5. The molecule has 3 fully saturated rings. The van der Waals surface area contributed by atoms with Gasteiger partial charge in [-0.2, -0.15) is 0 Å². The van der Waals surface area contributed by atoms with Crippen molar-refractivity contribution < 1.29 is 8.78 Å². The Kier molecular flexibility index (Phi) is 5.99. The first-order chi connectivity index (χ1) is 13.1. The Morgan fingerprint density at radius 2 is 1.33 bits per heavy atom. The monoisotopic (exact) mass is 372 g/mol. The van der Waals surface area contributed by atoms with Crippen LogP contribution in [0.2, 0.25) is 0 Å². The molecule has 0 aromatic heterocycles. The van der Waals surface area contributed by atoms with Crippen LogP contribution in [0.1, 0.15) is 82.1 Å². The highest BCUT2D eigenvalue weighted by molar-refractivity contribution is 5.22. The lowest BCUT2D eigenvalue weighted by atomic mass is 9.71. The highest BCUT2D eigenvalue weighted by Gasteiger charge is 2.38. The molecule has 0 N–H and O–H groups in total. The molecule has 3 aliphatic rings. The maximum atomic E-state index is 13.6. The van der Waals surface area contributed by atoms with Gasteiger partial charge in [-0.3, -0.25) is 0 Å². The van der Waals surface area contributed by atoms with Crippen LogP contribution in [0.5, 0.6) is 0 Å². The number of allylic oxidation sites excluding steroid dienone is 1. The van der Waals surface area contributed by atoms with Gasteiger partial charge in [0, 0.05) is 0 Å². The van der Waals surface area contributed by atoms with Gasteiger partial charge in [0.05, 0.1) is 0 Å². The van der Waals surface area contributed by atoms with Gasteiger partial charge in [-0.1, -0.05) is 12.1 Å². The number of hydrogen-bond donors (Lipinski definition) is 0. The maximum Gasteiger partial charge on any atom is 0.159 e. The molecule has 27 heavy (non-hydrogen) atoms. The largest absolute Gasteiger partial charge is 0.204 e. The SMILES string of the molecule is C=CCC1CC2CCC(C3CCC(c4ccc(F)c(F)c4)CC3)CCC2C1. The number of halogens is 2. The van der Waals surface area contributed by atoms with E-state index in [9.17, 15) is 8.78 Å². The van der Waals surface area contributed by atoms with Crippen molar-refractivity contribution in [1.29, 1.82) is 0 Å². The van der Waals surface area contributed by atoms with Crippen LogP contribution < -0.4 is 0 Å². The third kappa shape index (κ3) is 4.30. The molecule has 0 amide bonds. The molecule has 3 saturated carbocycles. The lowest BCUT2D eigenvalue weighted by Crippen LogP contribution is -2.21. The highest BCUT2D eigenvalue weighted by atomic mass is 19.2. The van der Waals surface area contributed by atoms with Gasteiger partial charge < -0.3 is 0 Å². The second-order valence-electron chi connectivity index (χ2n) is 9.58. The molecule has 2 heteroatoms. The Hall–Kier alpha value is -1.18. The molecule has 2 atom stereocenters. The second-order valence-corrected chi connectivity index (χ2v) is 9.58. The molecular formula is C25H34F2. The summed E-state index contributed by atoms with van der Waals surface area (Å²) in [6, 6.07) is 4.50. The molecular weight excluding hydrogens is 338 g/mol. The zero-order valence-corrected chi connectivity index (χ0v) is 16.5. The Labute approximate surface area is 163 Å². The van der Waals surface area contributed by atoms with Crippen LogP contribution in [0, 0.1) is 41.2 Å². The van der Waals surface area contributed by atoms with Crippen LogP contribution in [0.25, 0.3) is 0 Å². The van der Waals surface area contributed by atoms with E-state index in [0.29, 0.717) is 5.92 Å². The number of benzene rings is 1. The first-order valence-corrected chi connectivity index (χ1v) is 11.2. The normalized spacial score (nSPS) is 36.8. The summed E-state index contributed by atoms with van der Waals surface area (Å²) in [7, 11) is 0. The molecule has 148 valence electrons. The van der Waals surface area contributed by atoms with Crippen molar-refractivity contribution in [2.24, 2.45) is 29.6 Å². The average molecular weight is 373 g/mol. The predicted molar refractivity (Wildman–Crippen MR) is 108 cm³/mol. The van der Waals surface area contributed by atoms with Crippen molar-refractivity contribution in [2.75, 3.05) is 0 Å². The van der Waals surface area contributed by atoms with E-state index in [1.807, 2.05) is 0 Å². The van der Waals surface area contributed by atoms with Crippen LogP contribution in [0.15, 0.2) is 30.9 Å². The minimum Gasteiger partial charge on any atom is -0.204 e. The summed E-state index contributed by atoms with van der Waals surface area (Å²) < 4.78 is 26.7. The van der Waals surface area contributed by atoms with Crippen LogP contribution in [0.3, 0.4) is 0 Å². The van der Waals surface area contributed by atoms with E-state index in [2.05, 4.69) is 12.7 Å². The van der Waals surface area contributed by atoms with Gasteiger partial charge >= 0.3 is 0 Å². The summed E-state index contributed by atoms with van der Waals surface area (Å²) >= 11 is 0. The van der Waals surface area contributed by atoms with Crippen LogP contribution in [-0.2, 0) is 0 Å². The van der Waals surface area contributed by atoms with Crippen LogP contribution in [0.4, 0.5) is 8.78 Å². The van der Waals surface area contributed by atoms with E-state index in [4.69, 9.17) is 0 Å². The summed E-state index contributed by atoms with van der Waals surface area (Å²) in [5.41, 5.74) is 0.996. The number of rotatable bonds is 4. The number of fused-ring (bicyclic) bond motifs is 1. The molecule has 4 rings (SSSR count). The molecule has 3 aliphatic carbocycles. The molecule has 0 aliphatic heterocycles. The van der Waals surface area contributed by atoms with Gasteiger partial charge in [-0.25, -0.2) is 8.78 Å². The van der Waals surface area contributed by atoms with Crippen LogP contribution >= 0.6 is 0 Å². The van der Waals surface area contributed by atoms with Crippen molar-refractivity contribution in [3.8, 4) is 0 Å². The van der Waals surface area contributed by atoms with Crippen LogP contribution in [-0.4, -0.2) is 0 Å². The van der Waals surface area contributed by atoms with E-state index in [1.54, 1.807) is 6.07 Å². The first kappa shape index (κ1) is 19.2. The molecule has 0 spiro atoms. The molecule has 1 aromatic carbocycles. The predicted octanol–water partition coefficient (Wildman–Crippen LogP) is 7.65. The fourth-order valence-corrected chi connectivity index (χ4v) is 6.63. The minimum absolute atomic E-state index is 0.418. The Bertz CT molecular complexity index is 628. The molecule has 0 radical (unpaired) electrons. The van der Waals surface area contributed by atoms with Gasteiger partial charge in [-0.15, -0.1) is 6.58 Å². The third-order valence-electron chi connectivity index (χ3n) is 8.11. The molecule has 0 saturated heterocycles. The quantitative estimate of drug-likeness (QED) is 0.476. The Morgan fingerprint density at radius 1 is 0.778 bits per heavy atom. The first-order valence-electron chi connectivity index (χ1n) is 11.2. The van der Waals surface area contributed by atoms with Gasteiger partial charge in [0.15, 0.2) is 11.6 Å². The van der Waals surface area contributed by atoms with Gasteiger partial charge in [0.25, 0.3) is 0 Å². The molecule has 0 heterocycles. The summed E-state index contributed by atoms with van der Waals surface area (Å²) in [6.07, 6.45) is 16.7. The molecule has 1 aromatic rings. The minimum atomic E-state index is -0.730. The Morgan fingerprint density at radius 3 is 1.89 bits per heavy atom. The average Bonchev–Trinajstić information content (AvgIpc) is 2.96. The highest BCUT2D eigenvalue weighted by Crippen LogP contribution is 2.49. The van der Waals surface area contributed by atoms with Crippen molar-refractivity contribution in [3.05, 3.63) is 48.1 Å². The lowest BCUT2D eigenvalue weighted by Gasteiger charge is -2.34. The van der Waals surface area contributed by atoms with Crippen molar-refractivity contribution in [2.45, 2.75) is 76.5 Å². The molecule has 0 bridgehead atoms. The summed E-state index contributed by atoms with van der Waals surface area (Å²) in [5, 5.41) is 0. The van der Waals surface area contributed by atoms with E-state index < -0.39 is 11.6 Å². The van der Waals surface area contributed by atoms with E-state index in [-0.39, 0.29) is 0 Å². The lowest BCUT2D eigenvalue weighted by molar-refractivity contribution is 0.209. The zero-order chi connectivity index (χ0) is 18.8. The molecule has 2 unspecified atom stereocenters. The summed E-state index contributed by atoms with van der Waals surface area (Å²) in [4.78, 5) is 0. The summed E-state index contributed by atoms with van der Waals surface area (Å²) in [6.45, 7) is 3.93. The molecule has 0 nitrogen and oxygen atoms in total. The standard InChI is InChI=1S/C25H34F2/c1-2-3-17-14-21-10-8-19(9-11-22(21)15-17)18-4-6-20(7-5-18)23-12-13-24(26)25(27)16-23/h2,12-13,16-22H,1,3-11,14-15H2. The summed E-state index contributed by atoms with van der Waals surface area (Å²) in [5.74, 6) is 3.60. The number of hydrogen-bond acceptors (Lipinski definition) is 0. The second kappa shape index (κ2) is 8.45. The van der Waals surface area contributed by atoms with Gasteiger partial charge in [0.1, 0.15) is 0 Å². The van der Waals surface area contributed by atoms with Crippen molar-refractivity contribution >= 4 is 0 Å². The van der Waals surface area contributed by atoms with Crippen molar-refractivity contribution in [3.63, 3.8) is 0 Å². The fraction of sp³-hybridized carbons (Fsp3) is 0.680. The smallest absolute Gasteiger partial charge is 0.159 e. The topological polar surface area (TPSA) is 0 Å². The van der Waals surface area contributed by atoms with Gasteiger partial charge in [0.2, 0.25) is 0 Å². The fourth-order valence-electron chi connectivity index (χ4n) is 6.63. The van der Waals surface area contributed by atoms with E-state index in [1.165, 1.54) is 69.9 Å². The van der Waals surface area contributed by atoms with Crippen molar-refractivity contribution in [1.82, 2.24) is 0 Å². The maximum absolute atomic E-state index is 13.6. The van der Waals surface area contributed by atoms with Gasteiger partial charge in [-0.05, 0) is 124 Å². The third-order valence-corrected chi connectivity index (χ3v) is 8.11. The van der Waals surface area contributed by atoms with E-state index >= 15 is 0 Å².